The number of hydrogen-bond acceptors (Lipinski definition) is 4. The molecule has 2 aliphatic rings. The van der Waals surface area contributed by atoms with Gasteiger partial charge >= 0.3 is 5.97 Å². The highest BCUT2D eigenvalue weighted by molar-refractivity contribution is 7.89. The topological polar surface area (TPSA) is 92.7 Å². The minimum atomic E-state index is -3.61. The number of rotatable bonds is 4. The number of fused-ring (bicyclic) bond motifs is 1. The van der Waals surface area contributed by atoms with Crippen LogP contribution < -0.4 is 9.46 Å². The molecule has 0 amide bonds. The standard InChI is InChI=1S/C14H17NO5S/c16-14(17)10-1-2-11(7-10)15-21(18,19)12-3-4-13-9(8-12)5-6-20-13/h3-4,8,10-11,15H,1-2,5-7H2,(H,16,17)/t10-,11+/m1/s1. The lowest BCUT2D eigenvalue weighted by Gasteiger charge is -2.13. The van der Waals surface area contributed by atoms with E-state index in [1.165, 1.54) is 6.07 Å². The van der Waals surface area contributed by atoms with E-state index in [1.54, 1.807) is 12.1 Å². The Morgan fingerprint density at radius 1 is 1.33 bits per heavy atom. The van der Waals surface area contributed by atoms with Crippen molar-refractivity contribution >= 4 is 16.0 Å². The fraction of sp³-hybridized carbons (Fsp3) is 0.500. The van der Waals surface area contributed by atoms with E-state index >= 15 is 0 Å². The van der Waals surface area contributed by atoms with Crippen LogP contribution in [0.25, 0.3) is 0 Å². The molecule has 0 bridgehead atoms. The van der Waals surface area contributed by atoms with E-state index in [4.69, 9.17) is 9.84 Å². The van der Waals surface area contributed by atoms with Gasteiger partial charge in [0.05, 0.1) is 17.4 Å². The number of benzene rings is 1. The first-order valence-electron chi connectivity index (χ1n) is 6.96. The van der Waals surface area contributed by atoms with Gasteiger partial charge < -0.3 is 9.84 Å². The summed E-state index contributed by atoms with van der Waals surface area (Å²) in [6, 6.07) is 4.52. The molecule has 0 unspecified atom stereocenters. The summed E-state index contributed by atoms with van der Waals surface area (Å²) < 4.78 is 32.7. The Kier molecular flexibility index (Phi) is 3.62. The zero-order valence-electron chi connectivity index (χ0n) is 11.4. The number of carbonyl (C=O) groups is 1. The molecule has 2 atom stereocenters. The Bertz CT molecular complexity index is 670. The maximum Gasteiger partial charge on any atom is 0.306 e. The molecule has 0 saturated heterocycles. The first-order valence-corrected chi connectivity index (χ1v) is 8.45. The van der Waals surface area contributed by atoms with Gasteiger partial charge in [0.1, 0.15) is 5.75 Å². The highest BCUT2D eigenvalue weighted by Gasteiger charge is 2.32. The van der Waals surface area contributed by atoms with Gasteiger partial charge in [0.15, 0.2) is 0 Å². The van der Waals surface area contributed by atoms with Crippen LogP contribution in [0.2, 0.25) is 0 Å². The quantitative estimate of drug-likeness (QED) is 0.870. The van der Waals surface area contributed by atoms with Gasteiger partial charge in [-0.25, -0.2) is 13.1 Å². The van der Waals surface area contributed by atoms with E-state index in [0.29, 0.717) is 32.3 Å². The van der Waals surface area contributed by atoms with Crippen molar-refractivity contribution in [3.8, 4) is 5.75 Å². The van der Waals surface area contributed by atoms with Gasteiger partial charge in [-0.05, 0) is 43.0 Å². The summed E-state index contributed by atoms with van der Waals surface area (Å²) in [5.74, 6) is -0.571. The number of nitrogens with one attached hydrogen (secondary N) is 1. The van der Waals surface area contributed by atoms with E-state index in [1.807, 2.05) is 0 Å². The van der Waals surface area contributed by atoms with Crippen LogP contribution in [0.15, 0.2) is 23.1 Å². The van der Waals surface area contributed by atoms with Gasteiger partial charge in [-0.3, -0.25) is 4.79 Å². The zero-order chi connectivity index (χ0) is 15.0. The van der Waals surface area contributed by atoms with Gasteiger partial charge in [0.25, 0.3) is 0 Å². The summed E-state index contributed by atoms with van der Waals surface area (Å²) in [5.41, 5.74) is 0.896. The Labute approximate surface area is 123 Å². The molecule has 7 heteroatoms. The number of sulfonamides is 1. The number of carboxylic acids is 1. The Morgan fingerprint density at radius 2 is 2.14 bits per heavy atom. The largest absolute Gasteiger partial charge is 0.493 e. The minimum Gasteiger partial charge on any atom is -0.493 e. The normalized spacial score (nSPS) is 24.6. The van der Waals surface area contributed by atoms with Crippen LogP contribution in [0.5, 0.6) is 5.75 Å². The second kappa shape index (κ2) is 5.31. The van der Waals surface area contributed by atoms with E-state index in [-0.39, 0.29) is 10.9 Å². The van der Waals surface area contributed by atoms with E-state index in [0.717, 1.165) is 11.3 Å². The molecule has 1 aliphatic heterocycles. The molecule has 6 nitrogen and oxygen atoms in total. The van der Waals surface area contributed by atoms with Gasteiger partial charge in [-0.1, -0.05) is 0 Å². The molecule has 2 N–H and O–H groups in total. The monoisotopic (exact) mass is 311 g/mol. The second-order valence-electron chi connectivity index (χ2n) is 5.53. The van der Waals surface area contributed by atoms with Crippen LogP contribution in [-0.2, 0) is 21.2 Å². The van der Waals surface area contributed by atoms with Gasteiger partial charge in [0.2, 0.25) is 10.0 Å². The summed E-state index contributed by atoms with van der Waals surface area (Å²) in [5, 5.41) is 8.96. The molecule has 0 aromatic heterocycles. The van der Waals surface area contributed by atoms with Crippen molar-refractivity contribution in [1.82, 2.24) is 4.72 Å². The highest BCUT2D eigenvalue weighted by Crippen LogP contribution is 2.29. The predicted molar refractivity (Wildman–Crippen MR) is 74.7 cm³/mol. The SMILES string of the molecule is O=C(O)[C@@H]1CC[C@H](NS(=O)(=O)c2ccc3c(c2)CCO3)C1. The van der Waals surface area contributed by atoms with Crippen LogP contribution in [0, 0.1) is 5.92 Å². The van der Waals surface area contributed by atoms with Crippen molar-refractivity contribution in [2.75, 3.05) is 6.61 Å². The molecule has 1 aromatic rings. The Balaban J connectivity index is 1.74. The molecule has 114 valence electrons. The lowest BCUT2D eigenvalue weighted by Crippen LogP contribution is -2.33. The van der Waals surface area contributed by atoms with Gasteiger partial charge in [0, 0.05) is 12.5 Å². The average molecular weight is 311 g/mol. The summed E-state index contributed by atoms with van der Waals surface area (Å²) in [6.07, 6.45) is 2.14. The lowest BCUT2D eigenvalue weighted by molar-refractivity contribution is -0.141. The molecule has 21 heavy (non-hydrogen) atoms. The molecule has 1 fully saturated rings. The lowest BCUT2D eigenvalue weighted by atomic mass is 10.1. The van der Waals surface area contributed by atoms with Crippen LogP contribution in [0.4, 0.5) is 0 Å². The molecule has 1 aliphatic carbocycles. The van der Waals surface area contributed by atoms with Crippen molar-refractivity contribution in [2.24, 2.45) is 5.92 Å². The molecular weight excluding hydrogens is 294 g/mol. The molecule has 3 rings (SSSR count). The number of carboxylic acid groups (broad SMARTS) is 1. The first-order chi connectivity index (χ1) is 9.95. The molecule has 0 radical (unpaired) electrons. The third kappa shape index (κ3) is 2.89. The smallest absolute Gasteiger partial charge is 0.306 e. The van der Waals surface area contributed by atoms with Crippen LogP contribution >= 0.6 is 0 Å². The summed E-state index contributed by atoms with van der Waals surface area (Å²) in [7, 11) is -3.61. The summed E-state index contributed by atoms with van der Waals surface area (Å²) >= 11 is 0. The molecule has 0 spiro atoms. The van der Waals surface area contributed by atoms with E-state index in [9.17, 15) is 13.2 Å². The molecule has 1 saturated carbocycles. The fourth-order valence-electron chi connectivity index (χ4n) is 2.93. The third-order valence-electron chi connectivity index (χ3n) is 4.07. The number of ether oxygens (including phenoxy) is 1. The first kappa shape index (κ1) is 14.3. The zero-order valence-corrected chi connectivity index (χ0v) is 12.2. The Morgan fingerprint density at radius 3 is 2.86 bits per heavy atom. The van der Waals surface area contributed by atoms with Crippen molar-refractivity contribution in [2.45, 2.75) is 36.6 Å². The number of aliphatic carboxylic acids is 1. The molecule has 1 aromatic carbocycles. The Hall–Kier alpha value is -1.60. The van der Waals surface area contributed by atoms with Crippen molar-refractivity contribution < 1.29 is 23.1 Å². The fourth-order valence-corrected chi connectivity index (χ4v) is 4.26. The third-order valence-corrected chi connectivity index (χ3v) is 5.59. The van der Waals surface area contributed by atoms with Gasteiger partial charge in [-0.2, -0.15) is 0 Å². The van der Waals surface area contributed by atoms with E-state index in [2.05, 4.69) is 4.72 Å². The van der Waals surface area contributed by atoms with Crippen LogP contribution in [-0.4, -0.2) is 32.1 Å². The van der Waals surface area contributed by atoms with Crippen LogP contribution in [0.1, 0.15) is 24.8 Å². The van der Waals surface area contributed by atoms with Gasteiger partial charge in [-0.15, -0.1) is 0 Å². The highest BCUT2D eigenvalue weighted by atomic mass is 32.2. The van der Waals surface area contributed by atoms with Crippen molar-refractivity contribution in [1.29, 1.82) is 0 Å². The average Bonchev–Trinajstić information content (AvgIpc) is 3.05. The summed E-state index contributed by atoms with van der Waals surface area (Å²) in [4.78, 5) is 11.1. The van der Waals surface area contributed by atoms with Crippen LogP contribution in [0.3, 0.4) is 0 Å². The maximum atomic E-state index is 12.4. The predicted octanol–water partition coefficient (Wildman–Crippen LogP) is 1.15. The van der Waals surface area contributed by atoms with Crippen molar-refractivity contribution in [3.63, 3.8) is 0 Å². The maximum absolute atomic E-state index is 12.4. The minimum absolute atomic E-state index is 0.213. The number of hydrogen-bond donors (Lipinski definition) is 2. The second-order valence-corrected chi connectivity index (χ2v) is 7.25. The molecular formula is C14H17NO5S. The van der Waals surface area contributed by atoms with E-state index < -0.39 is 21.9 Å². The van der Waals surface area contributed by atoms with Crippen molar-refractivity contribution in [3.05, 3.63) is 23.8 Å². The molecule has 1 heterocycles. The summed E-state index contributed by atoms with van der Waals surface area (Å²) in [6.45, 7) is 0.579.